The van der Waals surface area contributed by atoms with Gasteiger partial charge in [0.2, 0.25) is 0 Å². The molecule has 0 aliphatic carbocycles. The van der Waals surface area contributed by atoms with Crippen LogP contribution in [0.4, 0.5) is 5.69 Å². The van der Waals surface area contributed by atoms with Crippen molar-refractivity contribution in [3.8, 4) is 5.75 Å². The molecule has 3 aromatic carbocycles. The smallest absolute Gasteiger partial charge is 0.261 e. The van der Waals surface area contributed by atoms with E-state index < -0.39 is 10.0 Å². The lowest BCUT2D eigenvalue weighted by atomic mass is 10.2. The molecular formula is C22H21BrN2O4S. The van der Waals surface area contributed by atoms with E-state index in [1.807, 2.05) is 30.3 Å². The average Bonchev–Trinajstić information content (AvgIpc) is 2.74. The second-order valence-corrected chi connectivity index (χ2v) is 9.12. The fraction of sp³-hybridized carbons (Fsp3) is 0.136. The number of hydrogen-bond donors (Lipinski definition) is 1. The maximum Gasteiger partial charge on any atom is 0.261 e. The van der Waals surface area contributed by atoms with Crippen molar-refractivity contribution in [2.45, 2.75) is 4.90 Å². The van der Waals surface area contributed by atoms with Gasteiger partial charge < -0.3 is 9.64 Å². The second kappa shape index (κ2) is 9.77. The second-order valence-electron chi connectivity index (χ2n) is 6.52. The molecule has 0 saturated carbocycles. The molecule has 0 unspecified atom stereocenters. The standard InChI is InChI=1S/C22H21BrN2O4S/c1-25(15-16-29-20-5-3-2-4-6-20)22(26)17-7-11-19(12-8-17)24-30(27,28)21-13-9-18(23)10-14-21/h2-14,24H,15-16H2,1H3. The van der Waals surface area contributed by atoms with Crippen LogP contribution < -0.4 is 9.46 Å². The number of nitrogens with zero attached hydrogens (tertiary/aromatic N) is 1. The first-order valence-corrected chi connectivity index (χ1v) is 11.4. The van der Waals surface area contributed by atoms with E-state index in [0.717, 1.165) is 10.2 Å². The Balaban J connectivity index is 1.57. The first-order valence-electron chi connectivity index (χ1n) is 9.17. The van der Waals surface area contributed by atoms with Crippen LogP contribution in [0.2, 0.25) is 0 Å². The van der Waals surface area contributed by atoms with E-state index in [2.05, 4.69) is 20.7 Å². The summed E-state index contributed by atoms with van der Waals surface area (Å²) in [6.45, 7) is 0.795. The molecule has 0 aliphatic rings. The summed E-state index contributed by atoms with van der Waals surface area (Å²) in [7, 11) is -2.01. The third-order valence-electron chi connectivity index (χ3n) is 4.29. The van der Waals surface area contributed by atoms with Gasteiger partial charge in [0, 0.05) is 22.8 Å². The Bertz CT molecular complexity index is 1090. The number of anilines is 1. The van der Waals surface area contributed by atoms with Gasteiger partial charge in [-0.05, 0) is 60.7 Å². The highest BCUT2D eigenvalue weighted by Crippen LogP contribution is 2.19. The maximum atomic E-state index is 12.6. The fourth-order valence-corrected chi connectivity index (χ4v) is 3.97. The van der Waals surface area contributed by atoms with Crippen molar-refractivity contribution in [2.75, 3.05) is 24.9 Å². The minimum Gasteiger partial charge on any atom is -0.492 e. The quantitative estimate of drug-likeness (QED) is 0.509. The van der Waals surface area contributed by atoms with Crippen LogP contribution in [0, 0.1) is 0 Å². The Morgan fingerprint density at radius 1 is 0.967 bits per heavy atom. The van der Waals surface area contributed by atoms with Gasteiger partial charge in [0.25, 0.3) is 15.9 Å². The number of carbonyl (C=O) groups excluding carboxylic acids is 1. The number of hydrogen-bond acceptors (Lipinski definition) is 4. The Morgan fingerprint density at radius 3 is 2.23 bits per heavy atom. The van der Waals surface area contributed by atoms with Gasteiger partial charge in [-0.15, -0.1) is 0 Å². The summed E-state index contributed by atoms with van der Waals surface area (Å²) in [5, 5.41) is 0. The van der Waals surface area contributed by atoms with Gasteiger partial charge in [0.1, 0.15) is 12.4 Å². The number of para-hydroxylation sites is 1. The lowest BCUT2D eigenvalue weighted by Crippen LogP contribution is -2.30. The van der Waals surface area contributed by atoms with Crippen molar-refractivity contribution in [3.63, 3.8) is 0 Å². The molecule has 0 aromatic heterocycles. The van der Waals surface area contributed by atoms with Crippen LogP contribution >= 0.6 is 15.9 Å². The van der Waals surface area contributed by atoms with Crippen molar-refractivity contribution in [2.24, 2.45) is 0 Å². The monoisotopic (exact) mass is 488 g/mol. The Labute approximate surface area is 184 Å². The van der Waals surface area contributed by atoms with E-state index in [-0.39, 0.29) is 10.8 Å². The van der Waals surface area contributed by atoms with Crippen LogP contribution in [0.1, 0.15) is 10.4 Å². The third-order valence-corrected chi connectivity index (χ3v) is 6.22. The number of ether oxygens (including phenoxy) is 1. The van der Waals surface area contributed by atoms with Crippen LogP contribution in [0.3, 0.4) is 0 Å². The number of carbonyl (C=O) groups is 1. The molecule has 8 heteroatoms. The van der Waals surface area contributed by atoms with Gasteiger partial charge in [-0.2, -0.15) is 0 Å². The molecule has 0 saturated heterocycles. The van der Waals surface area contributed by atoms with Crippen molar-refractivity contribution in [1.82, 2.24) is 4.90 Å². The third kappa shape index (κ3) is 5.84. The number of amides is 1. The molecule has 3 aromatic rings. The van der Waals surface area contributed by atoms with Crippen molar-refractivity contribution < 1.29 is 17.9 Å². The summed E-state index contributed by atoms with van der Waals surface area (Å²) in [5.74, 6) is 0.578. The highest BCUT2D eigenvalue weighted by Gasteiger charge is 2.15. The molecule has 1 N–H and O–H groups in total. The first-order chi connectivity index (χ1) is 14.3. The zero-order chi connectivity index (χ0) is 21.6. The number of sulfonamides is 1. The molecule has 0 spiro atoms. The van der Waals surface area contributed by atoms with Crippen LogP contribution in [-0.4, -0.2) is 39.4 Å². The molecule has 0 atom stereocenters. The zero-order valence-electron chi connectivity index (χ0n) is 16.3. The van der Waals surface area contributed by atoms with E-state index in [1.165, 1.54) is 12.1 Å². The predicted octanol–water partition coefficient (Wildman–Crippen LogP) is 4.40. The predicted molar refractivity (Wildman–Crippen MR) is 120 cm³/mol. The van der Waals surface area contributed by atoms with Crippen molar-refractivity contribution >= 4 is 37.5 Å². The number of benzene rings is 3. The Kier molecular flexibility index (Phi) is 7.12. The minimum atomic E-state index is -3.70. The molecule has 156 valence electrons. The number of likely N-dealkylation sites (N-methyl/N-ethyl adjacent to an activating group) is 1. The van der Waals surface area contributed by atoms with E-state index in [4.69, 9.17) is 4.74 Å². The maximum absolute atomic E-state index is 12.6. The van der Waals surface area contributed by atoms with Crippen molar-refractivity contribution in [3.05, 3.63) is 88.9 Å². The van der Waals surface area contributed by atoms with Crippen LogP contribution in [0.5, 0.6) is 5.75 Å². The molecule has 0 heterocycles. The van der Waals surface area contributed by atoms with Gasteiger partial charge in [-0.3, -0.25) is 9.52 Å². The minimum absolute atomic E-state index is 0.156. The molecule has 0 bridgehead atoms. The molecule has 1 amide bonds. The van der Waals surface area contributed by atoms with Gasteiger partial charge >= 0.3 is 0 Å². The highest BCUT2D eigenvalue weighted by atomic mass is 79.9. The number of rotatable bonds is 8. The summed E-state index contributed by atoms with van der Waals surface area (Å²) in [5.41, 5.74) is 0.841. The SMILES string of the molecule is CN(CCOc1ccccc1)C(=O)c1ccc(NS(=O)(=O)c2ccc(Br)cc2)cc1. The highest BCUT2D eigenvalue weighted by molar-refractivity contribution is 9.10. The fourth-order valence-electron chi connectivity index (χ4n) is 2.65. The van der Waals surface area contributed by atoms with Gasteiger partial charge in [-0.1, -0.05) is 34.1 Å². The molecule has 0 fully saturated rings. The van der Waals surface area contributed by atoms with E-state index >= 15 is 0 Å². The lowest BCUT2D eigenvalue weighted by molar-refractivity contribution is 0.0774. The van der Waals surface area contributed by atoms with Gasteiger partial charge in [-0.25, -0.2) is 8.42 Å². The Hall–Kier alpha value is -2.84. The summed E-state index contributed by atoms with van der Waals surface area (Å²) in [6, 6.07) is 22.1. The summed E-state index contributed by atoms with van der Waals surface area (Å²) >= 11 is 3.28. The molecule has 30 heavy (non-hydrogen) atoms. The lowest BCUT2D eigenvalue weighted by Gasteiger charge is -2.18. The van der Waals surface area contributed by atoms with Gasteiger partial charge in [0.15, 0.2) is 0 Å². The summed E-state index contributed by atoms with van der Waals surface area (Å²) in [4.78, 5) is 14.3. The van der Waals surface area contributed by atoms with Crippen LogP contribution in [-0.2, 0) is 10.0 Å². The number of nitrogens with one attached hydrogen (secondary N) is 1. The molecule has 0 aliphatic heterocycles. The molecule has 0 radical (unpaired) electrons. The average molecular weight is 489 g/mol. The largest absolute Gasteiger partial charge is 0.492 e. The molecular weight excluding hydrogens is 468 g/mol. The van der Waals surface area contributed by atoms with Crippen LogP contribution in [0.25, 0.3) is 0 Å². The van der Waals surface area contributed by atoms with E-state index in [0.29, 0.717) is 24.4 Å². The van der Waals surface area contributed by atoms with Gasteiger partial charge in [0.05, 0.1) is 11.4 Å². The summed E-state index contributed by atoms with van der Waals surface area (Å²) < 4.78 is 33.8. The van der Waals surface area contributed by atoms with E-state index in [1.54, 1.807) is 48.3 Å². The Morgan fingerprint density at radius 2 is 1.60 bits per heavy atom. The summed E-state index contributed by atoms with van der Waals surface area (Å²) in [6.07, 6.45) is 0. The van der Waals surface area contributed by atoms with Crippen molar-refractivity contribution in [1.29, 1.82) is 0 Å². The number of halogens is 1. The normalized spacial score (nSPS) is 11.0. The zero-order valence-corrected chi connectivity index (χ0v) is 18.7. The first kappa shape index (κ1) is 21.9. The molecule has 3 rings (SSSR count). The van der Waals surface area contributed by atoms with Crippen LogP contribution in [0.15, 0.2) is 88.2 Å². The molecule has 6 nitrogen and oxygen atoms in total. The topological polar surface area (TPSA) is 75.7 Å². The van der Waals surface area contributed by atoms with E-state index in [9.17, 15) is 13.2 Å².